The number of rotatable bonds is 14. The second-order valence-electron chi connectivity index (χ2n) is 5.42. The minimum absolute atomic E-state index is 0.0943. The molecule has 0 aromatic rings. The second kappa shape index (κ2) is 19.2. The molecule has 0 atom stereocenters. The lowest BCUT2D eigenvalue weighted by Gasteiger charge is -1.98. The van der Waals surface area contributed by atoms with Crippen LogP contribution in [0.4, 0.5) is 0 Å². The zero-order chi connectivity index (χ0) is 17.7. The van der Waals surface area contributed by atoms with Gasteiger partial charge in [0.1, 0.15) is 0 Å². The number of allylic oxidation sites excluding steroid dienone is 10. The van der Waals surface area contributed by atoms with Gasteiger partial charge in [0.25, 0.3) is 0 Å². The molecule has 134 valence electrons. The van der Waals surface area contributed by atoms with E-state index < -0.39 is 0 Å². The summed E-state index contributed by atoms with van der Waals surface area (Å²) in [4.78, 5) is 11.1. The second-order valence-corrected chi connectivity index (χ2v) is 5.42. The fourth-order valence-corrected chi connectivity index (χ4v) is 1.97. The summed E-state index contributed by atoms with van der Waals surface area (Å²) in [6, 6.07) is 0. The summed E-state index contributed by atoms with van der Waals surface area (Å²) in [7, 11) is 0. The lowest BCUT2D eigenvalue weighted by molar-refractivity contribution is -0.143. The van der Waals surface area contributed by atoms with Crippen LogP contribution in [0, 0.1) is 0 Å². The van der Waals surface area contributed by atoms with Crippen molar-refractivity contribution in [1.82, 2.24) is 0 Å². The van der Waals surface area contributed by atoms with E-state index in [2.05, 4.69) is 67.7 Å². The van der Waals surface area contributed by atoms with Crippen molar-refractivity contribution in [2.75, 3.05) is 6.61 Å². The van der Waals surface area contributed by atoms with Crippen LogP contribution < -0.4 is 0 Å². The van der Waals surface area contributed by atoms with Crippen molar-refractivity contribution in [3.05, 3.63) is 60.8 Å². The van der Waals surface area contributed by atoms with Gasteiger partial charge in [0.15, 0.2) is 0 Å². The summed E-state index contributed by atoms with van der Waals surface area (Å²) >= 11 is 0. The molecule has 0 rings (SSSR count). The number of ether oxygens (including phenoxy) is 1. The molecule has 0 saturated heterocycles. The molecule has 0 fully saturated rings. The first kappa shape index (κ1) is 22.2. The summed E-state index contributed by atoms with van der Waals surface area (Å²) in [6.45, 7) is 4.46. The molecule has 0 aromatic heterocycles. The van der Waals surface area contributed by atoms with E-state index in [4.69, 9.17) is 4.74 Å². The molecule has 0 amide bonds. The first-order chi connectivity index (χ1) is 11.8. The topological polar surface area (TPSA) is 26.3 Å². The quantitative estimate of drug-likeness (QED) is 0.158. The Morgan fingerprint density at radius 3 is 2.12 bits per heavy atom. The maximum absolute atomic E-state index is 11.1. The van der Waals surface area contributed by atoms with Crippen molar-refractivity contribution in [2.45, 2.75) is 65.2 Å². The molecule has 0 saturated carbocycles. The standard InChI is InChI=1S/C22H34O2/c1-3-5-6-7-8-9-10-11-12-13-14-15-16-17-18-19-20-21-22(23)24-4-2/h5-6,8-9,12-15,17-18H,3-4,7,10-11,16,19-21H2,1-2H3/b6-5+,9-8+,13-12+,15-14+,18-17+. The molecule has 0 aliphatic rings. The minimum atomic E-state index is -0.0943. The van der Waals surface area contributed by atoms with Crippen LogP contribution in [0.1, 0.15) is 65.2 Å². The van der Waals surface area contributed by atoms with Gasteiger partial charge in [0.2, 0.25) is 0 Å². The van der Waals surface area contributed by atoms with E-state index in [1.54, 1.807) is 0 Å². The van der Waals surface area contributed by atoms with E-state index in [1.807, 2.05) is 6.92 Å². The van der Waals surface area contributed by atoms with Crippen LogP contribution in [0.2, 0.25) is 0 Å². The highest BCUT2D eigenvalue weighted by atomic mass is 16.5. The van der Waals surface area contributed by atoms with Crippen molar-refractivity contribution in [3.63, 3.8) is 0 Å². The van der Waals surface area contributed by atoms with Gasteiger partial charge in [-0.1, -0.05) is 67.7 Å². The molecule has 0 heterocycles. The molecule has 24 heavy (non-hydrogen) atoms. The highest BCUT2D eigenvalue weighted by molar-refractivity contribution is 5.69. The molecule has 2 nitrogen and oxygen atoms in total. The van der Waals surface area contributed by atoms with Crippen molar-refractivity contribution in [1.29, 1.82) is 0 Å². The fourth-order valence-electron chi connectivity index (χ4n) is 1.97. The average molecular weight is 331 g/mol. The first-order valence-corrected chi connectivity index (χ1v) is 9.23. The third-order valence-corrected chi connectivity index (χ3v) is 3.22. The maximum atomic E-state index is 11.1. The Morgan fingerprint density at radius 1 is 0.750 bits per heavy atom. The fraction of sp³-hybridized carbons (Fsp3) is 0.500. The van der Waals surface area contributed by atoms with E-state index in [9.17, 15) is 4.79 Å². The highest BCUT2D eigenvalue weighted by Gasteiger charge is 1.98. The van der Waals surface area contributed by atoms with Crippen molar-refractivity contribution in [2.24, 2.45) is 0 Å². The molecule has 0 unspecified atom stereocenters. The molecule has 0 aromatic carbocycles. The Bertz CT molecular complexity index is 425. The molecule has 2 heteroatoms. The Labute approximate surface area is 148 Å². The largest absolute Gasteiger partial charge is 0.466 e. The molecular weight excluding hydrogens is 296 g/mol. The number of unbranched alkanes of at least 4 members (excludes halogenated alkanes) is 2. The van der Waals surface area contributed by atoms with E-state index in [0.717, 1.165) is 44.9 Å². The van der Waals surface area contributed by atoms with Crippen LogP contribution in [-0.4, -0.2) is 12.6 Å². The van der Waals surface area contributed by atoms with E-state index in [1.165, 1.54) is 0 Å². The van der Waals surface area contributed by atoms with Crippen LogP contribution in [0.3, 0.4) is 0 Å². The Balaban J connectivity index is 3.49. The molecular formula is C22H34O2. The van der Waals surface area contributed by atoms with Gasteiger partial charge >= 0.3 is 5.97 Å². The smallest absolute Gasteiger partial charge is 0.305 e. The minimum Gasteiger partial charge on any atom is -0.466 e. The zero-order valence-electron chi connectivity index (χ0n) is 15.5. The third kappa shape index (κ3) is 18.2. The molecule has 0 bridgehead atoms. The van der Waals surface area contributed by atoms with Crippen molar-refractivity contribution >= 4 is 5.97 Å². The average Bonchev–Trinajstić information content (AvgIpc) is 2.58. The predicted molar refractivity (Wildman–Crippen MR) is 105 cm³/mol. The van der Waals surface area contributed by atoms with Gasteiger partial charge in [-0.3, -0.25) is 4.79 Å². The molecule has 0 aliphatic carbocycles. The first-order valence-electron chi connectivity index (χ1n) is 9.23. The number of carbonyl (C=O) groups excluding carboxylic acids is 1. The van der Waals surface area contributed by atoms with Crippen LogP contribution in [0.25, 0.3) is 0 Å². The Morgan fingerprint density at radius 2 is 1.38 bits per heavy atom. The third-order valence-electron chi connectivity index (χ3n) is 3.22. The van der Waals surface area contributed by atoms with E-state index in [-0.39, 0.29) is 5.97 Å². The number of esters is 1. The SMILES string of the molecule is CC/C=C/C/C=C/CC/C=C/C=C/C/C=C/CCCC(=O)OCC. The van der Waals surface area contributed by atoms with Crippen LogP contribution >= 0.6 is 0 Å². The van der Waals surface area contributed by atoms with Crippen LogP contribution in [0.5, 0.6) is 0 Å². The van der Waals surface area contributed by atoms with Gasteiger partial charge in [0.05, 0.1) is 6.61 Å². The summed E-state index contributed by atoms with van der Waals surface area (Å²) in [5.74, 6) is -0.0943. The number of hydrogen-bond donors (Lipinski definition) is 0. The predicted octanol–water partition coefficient (Wildman–Crippen LogP) is 6.47. The van der Waals surface area contributed by atoms with Crippen LogP contribution in [-0.2, 0) is 9.53 Å². The van der Waals surface area contributed by atoms with Gasteiger partial charge in [0, 0.05) is 6.42 Å². The highest BCUT2D eigenvalue weighted by Crippen LogP contribution is 2.00. The summed E-state index contributed by atoms with van der Waals surface area (Å²) in [5.41, 5.74) is 0. The van der Waals surface area contributed by atoms with E-state index >= 15 is 0 Å². The number of hydrogen-bond acceptors (Lipinski definition) is 2. The lowest BCUT2D eigenvalue weighted by atomic mass is 10.2. The van der Waals surface area contributed by atoms with Gasteiger partial charge in [-0.05, 0) is 51.9 Å². The summed E-state index contributed by atoms with van der Waals surface area (Å²) in [6.07, 6.45) is 29.3. The molecule has 0 spiro atoms. The zero-order valence-corrected chi connectivity index (χ0v) is 15.5. The molecule has 0 aliphatic heterocycles. The Kier molecular flexibility index (Phi) is 17.8. The van der Waals surface area contributed by atoms with Gasteiger partial charge in [-0.15, -0.1) is 0 Å². The monoisotopic (exact) mass is 330 g/mol. The summed E-state index contributed by atoms with van der Waals surface area (Å²) < 4.78 is 4.88. The van der Waals surface area contributed by atoms with Crippen LogP contribution in [0.15, 0.2) is 60.8 Å². The van der Waals surface area contributed by atoms with Gasteiger partial charge < -0.3 is 4.74 Å². The number of carbonyl (C=O) groups is 1. The lowest BCUT2D eigenvalue weighted by Crippen LogP contribution is -2.02. The summed E-state index contributed by atoms with van der Waals surface area (Å²) in [5, 5.41) is 0. The normalized spacial score (nSPS) is 12.6. The molecule has 0 N–H and O–H groups in total. The Hall–Kier alpha value is -1.83. The van der Waals surface area contributed by atoms with Gasteiger partial charge in [-0.25, -0.2) is 0 Å². The van der Waals surface area contributed by atoms with Gasteiger partial charge in [-0.2, -0.15) is 0 Å². The van der Waals surface area contributed by atoms with E-state index in [0.29, 0.717) is 13.0 Å². The maximum Gasteiger partial charge on any atom is 0.305 e. The van der Waals surface area contributed by atoms with Crippen molar-refractivity contribution in [3.8, 4) is 0 Å². The molecule has 0 radical (unpaired) electrons. The van der Waals surface area contributed by atoms with Crippen molar-refractivity contribution < 1.29 is 9.53 Å².